The molecule has 0 fully saturated rings. The third-order valence-electron chi connectivity index (χ3n) is 3.63. The Kier molecular flexibility index (Phi) is 6.17. The van der Waals surface area contributed by atoms with Gasteiger partial charge < -0.3 is 14.8 Å². The smallest absolute Gasteiger partial charge is 0.316 e. The quantitative estimate of drug-likeness (QED) is 0.673. The van der Waals surface area contributed by atoms with Crippen LogP contribution in [0.5, 0.6) is 11.8 Å². The van der Waals surface area contributed by atoms with Crippen LogP contribution in [0.1, 0.15) is 21.6 Å². The predicted molar refractivity (Wildman–Crippen MR) is 99.8 cm³/mol. The van der Waals surface area contributed by atoms with Gasteiger partial charge in [0.15, 0.2) is 0 Å². The van der Waals surface area contributed by atoms with Crippen molar-refractivity contribution < 1.29 is 14.3 Å². The number of hydrogen-bond acceptors (Lipinski definition) is 6. The summed E-state index contributed by atoms with van der Waals surface area (Å²) in [5.41, 5.74) is 1.96. The van der Waals surface area contributed by atoms with Gasteiger partial charge in [0, 0.05) is 18.6 Å². The van der Waals surface area contributed by atoms with Crippen molar-refractivity contribution in [3.05, 3.63) is 76.8 Å². The van der Waals surface area contributed by atoms with Gasteiger partial charge in [-0.1, -0.05) is 23.7 Å². The van der Waals surface area contributed by atoms with Gasteiger partial charge in [0.25, 0.3) is 5.91 Å². The van der Waals surface area contributed by atoms with E-state index in [-0.39, 0.29) is 18.5 Å². The fourth-order valence-corrected chi connectivity index (χ4v) is 2.51. The third-order valence-corrected chi connectivity index (χ3v) is 3.93. The summed E-state index contributed by atoms with van der Waals surface area (Å²) in [7, 11) is 1.55. The third kappa shape index (κ3) is 5.15. The Morgan fingerprint density at radius 1 is 1.15 bits per heavy atom. The van der Waals surface area contributed by atoms with Crippen molar-refractivity contribution in [1.29, 1.82) is 0 Å². The van der Waals surface area contributed by atoms with Crippen LogP contribution in [0.15, 0.2) is 55.0 Å². The van der Waals surface area contributed by atoms with Gasteiger partial charge in [-0.2, -0.15) is 0 Å². The van der Waals surface area contributed by atoms with Crippen LogP contribution in [0, 0.1) is 0 Å². The van der Waals surface area contributed by atoms with Crippen molar-refractivity contribution in [1.82, 2.24) is 20.3 Å². The lowest BCUT2D eigenvalue weighted by Gasteiger charge is -2.08. The van der Waals surface area contributed by atoms with Crippen molar-refractivity contribution in [2.24, 2.45) is 0 Å². The van der Waals surface area contributed by atoms with E-state index >= 15 is 0 Å². The summed E-state index contributed by atoms with van der Waals surface area (Å²) in [5, 5.41) is 3.26. The minimum atomic E-state index is -0.283. The summed E-state index contributed by atoms with van der Waals surface area (Å²) in [6.07, 6.45) is 4.50. The molecular weight excluding hydrogens is 368 g/mol. The average molecular weight is 385 g/mol. The van der Waals surface area contributed by atoms with Gasteiger partial charge in [-0.05, 0) is 29.8 Å². The molecule has 27 heavy (non-hydrogen) atoms. The molecular formula is C19H17ClN4O3. The largest absolute Gasteiger partial charge is 0.495 e. The van der Waals surface area contributed by atoms with Crippen molar-refractivity contribution in [2.75, 3.05) is 7.11 Å². The number of rotatable bonds is 7. The lowest BCUT2D eigenvalue weighted by atomic mass is 10.2. The van der Waals surface area contributed by atoms with E-state index in [1.807, 2.05) is 24.3 Å². The van der Waals surface area contributed by atoms with Gasteiger partial charge in [-0.3, -0.25) is 9.78 Å². The van der Waals surface area contributed by atoms with Crippen LogP contribution >= 0.6 is 11.6 Å². The number of pyridine rings is 1. The molecule has 0 atom stereocenters. The van der Waals surface area contributed by atoms with Gasteiger partial charge in [0.2, 0.25) is 0 Å². The fraction of sp³-hybridized carbons (Fsp3) is 0.158. The van der Waals surface area contributed by atoms with E-state index in [1.54, 1.807) is 25.4 Å². The lowest BCUT2D eigenvalue weighted by Crippen LogP contribution is -2.23. The molecule has 0 bridgehead atoms. The maximum Gasteiger partial charge on any atom is 0.316 e. The SMILES string of the molecule is COc1ccc(COc2ncc(C(=O)NCc3ccccn3)cn2)cc1Cl. The molecule has 8 heteroatoms. The molecule has 2 heterocycles. The molecule has 0 aliphatic carbocycles. The van der Waals surface area contributed by atoms with Crippen LogP contribution in [0.25, 0.3) is 0 Å². The molecule has 138 valence electrons. The summed E-state index contributed by atoms with van der Waals surface area (Å²) in [6, 6.07) is 11.0. The highest BCUT2D eigenvalue weighted by Crippen LogP contribution is 2.25. The number of ether oxygens (including phenoxy) is 2. The molecule has 3 rings (SSSR count). The number of nitrogens with one attached hydrogen (secondary N) is 1. The molecule has 1 aromatic carbocycles. The summed E-state index contributed by atoms with van der Waals surface area (Å²) in [5.74, 6) is 0.312. The summed E-state index contributed by atoms with van der Waals surface area (Å²) in [4.78, 5) is 24.4. The second kappa shape index (κ2) is 8.95. The molecule has 3 aromatic rings. The fourth-order valence-electron chi connectivity index (χ4n) is 2.23. The summed E-state index contributed by atoms with van der Waals surface area (Å²) < 4.78 is 10.6. The highest BCUT2D eigenvalue weighted by Gasteiger charge is 2.08. The zero-order valence-corrected chi connectivity index (χ0v) is 15.3. The number of aromatic nitrogens is 3. The molecule has 0 aliphatic heterocycles. The Morgan fingerprint density at radius 3 is 2.63 bits per heavy atom. The van der Waals surface area contributed by atoms with E-state index in [2.05, 4.69) is 20.3 Å². The van der Waals surface area contributed by atoms with Gasteiger partial charge in [0.1, 0.15) is 12.4 Å². The molecule has 2 aromatic heterocycles. The van der Waals surface area contributed by atoms with Gasteiger partial charge in [0.05, 0.1) is 29.9 Å². The molecule has 0 unspecified atom stereocenters. The van der Waals surface area contributed by atoms with E-state index in [0.717, 1.165) is 11.3 Å². The first-order valence-corrected chi connectivity index (χ1v) is 8.49. The van der Waals surface area contributed by atoms with E-state index in [0.29, 0.717) is 22.9 Å². The number of halogens is 1. The zero-order valence-electron chi connectivity index (χ0n) is 14.6. The van der Waals surface area contributed by atoms with Crippen molar-refractivity contribution in [2.45, 2.75) is 13.2 Å². The number of methoxy groups -OCH3 is 1. The van der Waals surface area contributed by atoms with Gasteiger partial charge in [-0.25, -0.2) is 9.97 Å². The number of nitrogens with zero attached hydrogens (tertiary/aromatic N) is 3. The molecule has 7 nitrogen and oxygen atoms in total. The second-order valence-corrected chi connectivity index (χ2v) is 5.92. The number of amides is 1. The number of carbonyl (C=O) groups excluding carboxylic acids is 1. The van der Waals surface area contributed by atoms with Crippen LogP contribution in [0.3, 0.4) is 0 Å². The molecule has 1 N–H and O–H groups in total. The van der Waals surface area contributed by atoms with E-state index in [4.69, 9.17) is 21.1 Å². The minimum Gasteiger partial charge on any atom is -0.495 e. The molecule has 0 saturated heterocycles. The lowest BCUT2D eigenvalue weighted by molar-refractivity contribution is 0.0949. The van der Waals surface area contributed by atoms with Crippen LogP contribution in [0.4, 0.5) is 0 Å². The first kappa shape index (κ1) is 18.6. The van der Waals surface area contributed by atoms with Crippen molar-refractivity contribution >= 4 is 17.5 Å². The monoisotopic (exact) mass is 384 g/mol. The van der Waals surface area contributed by atoms with E-state index in [9.17, 15) is 4.79 Å². The van der Waals surface area contributed by atoms with Crippen molar-refractivity contribution in [3.63, 3.8) is 0 Å². The Hall–Kier alpha value is -3.19. The molecule has 0 radical (unpaired) electrons. The van der Waals surface area contributed by atoms with Gasteiger partial charge >= 0.3 is 6.01 Å². The zero-order chi connectivity index (χ0) is 19.1. The average Bonchev–Trinajstić information content (AvgIpc) is 2.72. The first-order chi connectivity index (χ1) is 13.2. The Bertz CT molecular complexity index is 905. The highest BCUT2D eigenvalue weighted by molar-refractivity contribution is 6.32. The van der Waals surface area contributed by atoms with Crippen LogP contribution in [-0.2, 0) is 13.2 Å². The van der Waals surface area contributed by atoms with E-state index in [1.165, 1.54) is 12.4 Å². The maximum atomic E-state index is 12.1. The normalized spacial score (nSPS) is 10.3. The van der Waals surface area contributed by atoms with Crippen LogP contribution in [0.2, 0.25) is 5.02 Å². The minimum absolute atomic E-state index is 0.170. The standard InChI is InChI=1S/C19H17ClN4O3/c1-26-17-6-5-13(8-16(17)20)12-27-19-23-9-14(10-24-19)18(25)22-11-15-4-2-3-7-21-15/h2-10H,11-12H2,1H3,(H,22,25). The Labute approximate surface area is 161 Å². The summed E-state index contributed by atoms with van der Waals surface area (Å²) >= 11 is 6.08. The topological polar surface area (TPSA) is 86.2 Å². The Balaban J connectivity index is 1.53. The number of hydrogen-bond donors (Lipinski definition) is 1. The molecule has 0 saturated carbocycles. The first-order valence-electron chi connectivity index (χ1n) is 8.11. The van der Waals surface area contributed by atoms with E-state index < -0.39 is 0 Å². The number of benzene rings is 1. The van der Waals surface area contributed by atoms with Gasteiger partial charge in [-0.15, -0.1) is 0 Å². The summed E-state index contributed by atoms with van der Waals surface area (Å²) in [6.45, 7) is 0.574. The molecule has 1 amide bonds. The van der Waals surface area contributed by atoms with Crippen molar-refractivity contribution in [3.8, 4) is 11.8 Å². The maximum absolute atomic E-state index is 12.1. The number of carbonyl (C=O) groups is 1. The Morgan fingerprint density at radius 2 is 1.96 bits per heavy atom. The van der Waals surface area contributed by atoms with Crippen LogP contribution in [-0.4, -0.2) is 28.0 Å². The molecule has 0 spiro atoms. The molecule has 0 aliphatic rings. The van der Waals surface area contributed by atoms with Crippen LogP contribution < -0.4 is 14.8 Å². The highest BCUT2D eigenvalue weighted by atomic mass is 35.5. The predicted octanol–water partition coefficient (Wildman–Crippen LogP) is 3.04. The second-order valence-electron chi connectivity index (χ2n) is 5.52.